The van der Waals surface area contributed by atoms with Gasteiger partial charge in [-0.2, -0.15) is 5.10 Å². The number of carbonyl (C=O) groups is 1. The van der Waals surface area contributed by atoms with Crippen LogP contribution in [0.25, 0.3) is 0 Å². The molecule has 1 amide bonds. The monoisotopic (exact) mass is 268 g/mol. The second-order valence-electron chi connectivity index (χ2n) is 5.69. The first-order chi connectivity index (χ1) is 8.76. The number of rotatable bonds is 5. The number of carbonyl (C=O) groups excluding carboxylic acids is 1. The number of aromatic nitrogens is 2. The van der Waals surface area contributed by atoms with Crippen molar-refractivity contribution in [2.75, 3.05) is 6.54 Å². The van der Waals surface area contributed by atoms with E-state index < -0.39 is 5.60 Å². The zero-order valence-corrected chi connectivity index (χ0v) is 12.4. The van der Waals surface area contributed by atoms with E-state index in [1.807, 2.05) is 47.1 Å². The third-order valence-electron chi connectivity index (χ3n) is 2.36. The molecule has 1 aromatic heterocycles. The number of aryl methyl sites for hydroxylation is 1. The molecule has 0 radical (unpaired) electrons. The molecule has 0 saturated carbocycles. The Balaban J connectivity index is 2.21. The minimum atomic E-state index is -0.462. The summed E-state index contributed by atoms with van der Waals surface area (Å²) < 4.78 is 6.93. The van der Waals surface area contributed by atoms with Crippen LogP contribution in [0.4, 0.5) is 4.79 Å². The van der Waals surface area contributed by atoms with Crippen LogP contribution < -0.4 is 10.6 Å². The average molecular weight is 268 g/mol. The molecule has 6 heteroatoms. The molecule has 1 heterocycles. The Bertz CT molecular complexity index is 409. The summed E-state index contributed by atoms with van der Waals surface area (Å²) in [7, 11) is 1.89. The van der Waals surface area contributed by atoms with Crippen molar-refractivity contribution in [1.29, 1.82) is 0 Å². The SMILES string of the molecule is CC(CNC(=O)OC(C)(C)C)NCc1cnn(C)c1. The molecule has 1 unspecified atom stereocenters. The van der Waals surface area contributed by atoms with Crippen molar-refractivity contribution in [3.05, 3.63) is 18.0 Å². The van der Waals surface area contributed by atoms with Gasteiger partial charge in [0.05, 0.1) is 6.20 Å². The van der Waals surface area contributed by atoms with Gasteiger partial charge in [-0.3, -0.25) is 4.68 Å². The first-order valence-corrected chi connectivity index (χ1v) is 6.44. The van der Waals surface area contributed by atoms with E-state index in [0.29, 0.717) is 6.54 Å². The van der Waals surface area contributed by atoms with Gasteiger partial charge < -0.3 is 15.4 Å². The first kappa shape index (κ1) is 15.5. The Morgan fingerprint density at radius 1 is 1.53 bits per heavy atom. The van der Waals surface area contributed by atoms with Crippen LogP contribution in [0.5, 0.6) is 0 Å². The van der Waals surface area contributed by atoms with Gasteiger partial charge in [0.25, 0.3) is 0 Å². The molecule has 0 aliphatic heterocycles. The molecule has 1 aromatic rings. The summed E-state index contributed by atoms with van der Waals surface area (Å²) in [6, 6.07) is 0.160. The van der Waals surface area contributed by atoms with E-state index in [1.54, 1.807) is 4.68 Å². The summed E-state index contributed by atoms with van der Waals surface area (Å²) in [5.41, 5.74) is 0.655. The summed E-state index contributed by atoms with van der Waals surface area (Å²) in [4.78, 5) is 11.5. The molecule has 0 aliphatic carbocycles. The molecule has 19 heavy (non-hydrogen) atoms. The molecule has 0 saturated heterocycles. The highest BCUT2D eigenvalue weighted by Crippen LogP contribution is 2.06. The van der Waals surface area contributed by atoms with E-state index in [0.717, 1.165) is 12.1 Å². The predicted octanol–water partition coefficient (Wildman–Crippen LogP) is 1.42. The van der Waals surface area contributed by atoms with Crippen molar-refractivity contribution >= 4 is 6.09 Å². The van der Waals surface area contributed by atoms with Crippen LogP contribution in [0.15, 0.2) is 12.4 Å². The van der Waals surface area contributed by atoms with E-state index in [-0.39, 0.29) is 12.1 Å². The Morgan fingerprint density at radius 2 is 2.21 bits per heavy atom. The lowest BCUT2D eigenvalue weighted by Crippen LogP contribution is -2.40. The van der Waals surface area contributed by atoms with Gasteiger partial charge >= 0.3 is 6.09 Å². The smallest absolute Gasteiger partial charge is 0.407 e. The topological polar surface area (TPSA) is 68.2 Å². The Labute approximate surface area is 114 Å². The van der Waals surface area contributed by atoms with Crippen molar-refractivity contribution in [3.8, 4) is 0 Å². The van der Waals surface area contributed by atoms with Crippen LogP contribution >= 0.6 is 0 Å². The van der Waals surface area contributed by atoms with E-state index in [1.165, 1.54) is 0 Å². The van der Waals surface area contributed by atoms with Gasteiger partial charge in [0.1, 0.15) is 5.60 Å². The third-order valence-corrected chi connectivity index (χ3v) is 2.36. The van der Waals surface area contributed by atoms with E-state index in [2.05, 4.69) is 15.7 Å². The lowest BCUT2D eigenvalue weighted by molar-refractivity contribution is 0.0523. The van der Waals surface area contributed by atoms with Crippen LogP contribution in [0.2, 0.25) is 0 Å². The molecule has 0 aromatic carbocycles. The van der Waals surface area contributed by atoms with Crippen LogP contribution in [0, 0.1) is 0 Å². The van der Waals surface area contributed by atoms with E-state index in [9.17, 15) is 4.79 Å². The van der Waals surface area contributed by atoms with Gasteiger partial charge in [-0.15, -0.1) is 0 Å². The fourth-order valence-electron chi connectivity index (χ4n) is 1.48. The zero-order chi connectivity index (χ0) is 14.5. The fraction of sp³-hybridized carbons (Fsp3) is 0.692. The lowest BCUT2D eigenvalue weighted by Gasteiger charge is -2.21. The van der Waals surface area contributed by atoms with Crippen molar-refractivity contribution in [3.63, 3.8) is 0 Å². The molecule has 0 bridgehead atoms. The lowest BCUT2D eigenvalue weighted by atomic mass is 10.2. The Hall–Kier alpha value is -1.56. The minimum absolute atomic E-state index is 0.160. The van der Waals surface area contributed by atoms with Crippen molar-refractivity contribution in [2.45, 2.75) is 45.9 Å². The van der Waals surface area contributed by atoms with Gasteiger partial charge in [0, 0.05) is 37.9 Å². The molecule has 1 atom stereocenters. The molecule has 0 spiro atoms. The minimum Gasteiger partial charge on any atom is -0.444 e. The van der Waals surface area contributed by atoms with Gasteiger partial charge in [0.15, 0.2) is 0 Å². The maximum Gasteiger partial charge on any atom is 0.407 e. The molecule has 2 N–H and O–H groups in total. The number of amides is 1. The van der Waals surface area contributed by atoms with Crippen LogP contribution in [0.3, 0.4) is 0 Å². The van der Waals surface area contributed by atoms with Crippen molar-refractivity contribution in [1.82, 2.24) is 20.4 Å². The highest BCUT2D eigenvalue weighted by atomic mass is 16.6. The fourth-order valence-corrected chi connectivity index (χ4v) is 1.48. The van der Waals surface area contributed by atoms with E-state index in [4.69, 9.17) is 4.74 Å². The van der Waals surface area contributed by atoms with Gasteiger partial charge in [-0.25, -0.2) is 4.79 Å². The predicted molar refractivity (Wildman–Crippen MR) is 73.7 cm³/mol. The Morgan fingerprint density at radius 3 is 2.74 bits per heavy atom. The van der Waals surface area contributed by atoms with Crippen LogP contribution in [-0.4, -0.2) is 34.1 Å². The number of nitrogens with one attached hydrogen (secondary N) is 2. The Kier molecular flexibility index (Phi) is 5.35. The molecule has 108 valence electrons. The van der Waals surface area contributed by atoms with Crippen molar-refractivity contribution in [2.24, 2.45) is 7.05 Å². The summed E-state index contributed by atoms with van der Waals surface area (Å²) in [6.07, 6.45) is 3.39. The zero-order valence-electron chi connectivity index (χ0n) is 12.4. The normalized spacial score (nSPS) is 13.1. The number of hydrogen-bond donors (Lipinski definition) is 2. The van der Waals surface area contributed by atoms with Gasteiger partial charge in [0.2, 0.25) is 0 Å². The number of alkyl carbamates (subject to hydrolysis) is 1. The maximum atomic E-state index is 11.5. The molecule has 6 nitrogen and oxygen atoms in total. The van der Waals surface area contributed by atoms with Crippen molar-refractivity contribution < 1.29 is 9.53 Å². The highest BCUT2D eigenvalue weighted by Gasteiger charge is 2.16. The molecule has 0 fully saturated rings. The summed E-state index contributed by atoms with van der Waals surface area (Å²) >= 11 is 0. The maximum absolute atomic E-state index is 11.5. The highest BCUT2D eigenvalue weighted by molar-refractivity contribution is 5.67. The number of nitrogens with zero attached hydrogens (tertiary/aromatic N) is 2. The standard InChI is InChI=1S/C13H24N4O2/c1-10(6-15-12(18)19-13(2,3)4)14-7-11-8-16-17(5)9-11/h8-10,14H,6-7H2,1-5H3,(H,15,18). The average Bonchev–Trinajstić information content (AvgIpc) is 2.67. The van der Waals surface area contributed by atoms with Gasteiger partial charge in [-0.05, 0) is 27.7 Å². The number of hydrogen-bond acceptors (Lipinski definition) is 4. The van der Waals surface area contributed by atoms with E-state index >= 15 is 0 Å². The summed E-state index contributed by atoms with van der Waals surface area (Å²) in [5.74, 6) is 0. The molecular weight excluding hydrogens is 244 g/mol. The van der Waals surface area contributed by atoms with Crippen LogP contribution in [-0.2, 0) is 18.3 Å². The van der Waals surface area contributed by atoms with Gasteiger partial charge in [-0.1, -0.05) is 0 Å². The first-order valence-electron chi connectivity index (χ1n) is 6.44. The number of ether oxygens (including phenoxy) is 1. The molecule has 1 rings (SSSR count). The second-order valence-corrected chi connectivity index (χ2v) is 5.69. The molecule has 0 aliphatic rings. The summed E-state index contributed by atoms with van der Waals surface area (Å²) in [5, 5.41) is 10.1. The molecular formula is C13H24N4O2. The largest absolute Gasteiger partial charge is 0.444 e. The van der Waals surface area contributed by atoms with Crippen LogP contribution in [0.1, 0.15) is 33.3 Å². The summed E-state index contributed by atoms with van der Waals surface area (Å²) in [6.45, 7) is 8.79. The quantitative estimate of drug-likeness (QED) is 0.847. The third kappa shape index (κ3) is 6.81. The second kappa shape index (κ2) is 6.56.